The van der Waals surface area contributed by atoms with E-state index in [2.05, 4.69) is 26.3 Å². The van der Waals surface area contributed by atoms with Crippen LogP contribution in [0.15, 0.2) is 44.9 Å². The molecule has 3 rings (SSSR count). The molecule has 3 aromatic rings. The van der Waals surface area contributed by atoms with Crippen LogP contribution in [-0.2, 0) is 20.6 Å². The van der Waals surface area contributed by atoms with Gasteiger partial charge in [0.2, 0.25) is 21.1 Å². The lowest BCUT2D eigenvalue weighted by atomic mass is 10.1. The molecule has 0 saturated heterocycles. The quantitative estimate of drug-likeness (QED) is 0.366. The van der Waals surface area contributed by atoms with Gasteiger partial charge in [0, 0.05) is 23.6 Å². The summed E-state index contributed by atoms with van der Waals surface area (Å²) in [6, 6.07) is 9.00. The van der Waals surface area contributed by atoms with Crippen molar-refractivity contribution in [3.05, 3.63) is 51.7 Å². The monoisotopic (exact) mass is 468 g/mol. The second-order valence-corrected chi connectivity index (χ2v) is 11.2. The van der Waals surface area contributed by atoms with Crippen molar-refractivity contribution in [2.45, 2.75) is 35.3 Å². The SMILES string of the molecule is Cc1ccc(S(=O)(=O)NCCC(=O)Nc2nnc(SCc3cccs3)s2)cc1C. The molecule has 0 atom stereocenters. The summed E-state index contributed by atoms with van der Waals surface area (Å²) >= 11 is 4.54. The molecule has 0 radical (unpaired) electrons. The number of benzene rings is 1. The Balaban J connectivity index is 1.45. The number of thiophene rings is 1. The molecule has 0 aliphatic heterocycles. The van der Waals surface area contributed by atoms with Crippen molar-refractivity contribution in [2.75, 3.05) is 11.9 Å². The first-order valence-corrected chi connectivity index (χ1v) is 12.9. The fraction of sp³-hybridized carbons (Fsp3) is 0.278. The number of carbonyl (C=O) groups is 1. The molecule has 154 valence electrons. The van der Waals surface area contributed by atoms with E-state index in [0.717, 1.165) is 21.2 Å². The van der Waals surface area contributed by atoms with E-state index >= 15 is 0 Å². The second-order valence-electron chi connectivity index (χ2n) is 6.18. The lowest BCUT2D eigenvalue weighted by molar-refractivity contribution is -0.116. The van der Waals surface area contributed by atoms with Gasteiger partial charge in [0.15, 0.2) is 4.34 Å². The van der Waals surface area contributed by atoms with Gasteiger partial charge in [0.05, 0.1) is 4.90 Å². The summed E-state index contributed by atoms with van der Waals surface area (Å²) in [5, 5.41) is 13.1. The summed E-state index contributed by atoms with van der Waals surface area (Å²) < 4.78 is 27.9. The van der Waals surface area contributed by atoms with Gasteiger partial charge < -0.3 is 5.32 Å². The molecule has 2 N–H and O–H groups in total. The van der Waals surface area contributed by atoms with Crippen LogP contribution in [-0.4, -0.2) is 31.1 Å². The molecular formula is C18H20N4O3S4. The van der Waals surface area contributed by atoms with Crippen LogP contribution in [0.5, 0.6) is 0 Å². The third-order valence-corrected chi connectivity index (χ3v) is 8.54. The Hall–Kier alpha value is -1.79. The number of thioether (sulfide) groups is 1. The largest absolute Gasteiger partial charge is 0.300 e. The van der Waals surface area contributed by atoms with Crippen molar-refractivity contribution < 1.29 is 13.2 Å². The van der Waals surface area contributed by atoms with Crippen LogP contribution in [0.25, 0.3) is 0 Å². The van der Waals surface area contributed by atoms with Gasteiger partial charge in [-0.05, 0) is 48.6 Å². The molecule has 2 heterocycles. The highest BCUT2D eigenvalue weighted by Crippen LogP contribution is 2.29. The summed E-state index contributed by atoms with van der Waals surface area (Å²) in [6.07, 6.45) is 0.00131. The highest BCUT2D eigenvalue weighted by Gasteiger charge is 2.15. The number of aromatic nitrogens is 2. The van der Waals surface area contributed by atoms with Gasteiger partial charge in [-0.1, -0.05) is 35.2 Å². The van der Waals surface area contributed by atoms with Crippen molar-refractivity contribution in [3.63, 3.8) is 0 Å². The zero-order chi connectivity index (χ0) is 20.9. The normalized spacial score (nSPS) is 11.5. The van der Waals surface area contributed by atoms with E-state index in [9.17, 15) is 13.2 Å². The molecule has 0 fully saturated rings. The first kappa shape index (κ1) is 21.9. The molecule has 2 aromatic heterocycles. The number of rotatable bonds is 9. The molecule has 0 aliphatic carbocycles. The third kappa shape index (κ3) is 6.34. The van der Waals surface area contributed by atoms with E-state index in [0.29, 0.717) is 5.13 Å². The molecular weight excluding hydrogens is 448 g/mol. The van der Waals surface area contributed by atoms with Crippen molar-refractivity contribution in [3.8, 4) is 0 Å². The minimum absolute atomic E-state index is 0.000120. The van der Waals surface area contributed by atoms with Crippen LogP contribution in [0.2, 0.25) is 0 Å². The van der Waals surface area contributed by atoms with Crippen molar-refractivity contribution in [1.82, 2.24) is 14.9 Å². The van der Waals surface area contributed by atoms with Crippen molar-refractivity contribution in [2.24, 2.45) is 0 Å². The number of amides is 1. The first-order chi connectivity index (χ1) is 13.8. The van der Waals surface area contributed by atoms with Crippen LogP contribution in [0.3, 0.4) is 0 Å². The summed E-state index contributed by atoms with van der Waals surface area (Å²) in [5.74, 6) is 0.485. The molecule has 7 nitrogen and oxygen atoms in total. The Morgan fingerprint density at radius 1 is 1.17 bits per heavy atom. The van der Waals surface area contributed by atoms with Crippen LogP contribution < -0.4 is 10.0 Å². The molecule has 0 unspecified atom stereocenters. The van der Waals surface area contributed by atoms with E-state index in [1.165, 1.54) is 16.2 Å². The predicted octanol–water partition coefficient (Wildman–Crippen LogP) is 3.82. The van der Waals surface area contributed by atoms with Gasteiger partial charge in [0.25, 0.3) is 0 Å². The Labute approximate surface area is 182 Å². The molecule has 11 heteroatoms. The summed E-state index contributed by atoms with van der Waals surface area (Å²) in [4.78, 5) is 13.5. The fourth-order valence-electron chi connectivity index (χ4n) is 2.29. The van der Waals surface area contributed by atoms with Crippen molar-refractivity contribution >= 4 is 55.5 Å². The van der Waals surface area contributed by atoms with Crippen LogP contribution in [0.4, 0.5) is 5.13 Å². The number of sulfonamides is 1. The molecule has 0 aliphatic rings. The van der Waals surface area contributed by atoms with E-state index in [-0.39, 0.29) is 23.8 Å². The zero-order valence-electron chi connectivity index (χ0n) is 15.8. The Morgan fingerprint density at radius 3 is 2.72 bits per heavy atom. The summed E-state index contributed by atoms with van der Waals surface area (Å²) in [6.45, 7) is 3.78. The summed E-state index contributed by atoms with van der Waals surface area (Å²) in [7, 11) is -3.65. The molecule has 0 saturated carbocycles. The summed E-state index contributed by atoms with van der Waals surface area (Å²) in [5.41, 5.74) is 1.92. The third-order valence-electron chi connectivity index (χ3n) is 4.00. The number of anilines is 1. The van der Waals surface area contributed by atoms with Gasteiger partial charge in [-0.25, -0.2) is 13.1 Å². The lowest BCUT2D eigenvalue weighted by Gasteiger charge is -2.08. The zero-order valence-corrected chi connectivity index (χ0v) is 19.1. The second kappa shape index (κ2) is 9.81. The van der Waals surface area contributed by atoms with Gasteiger partial charge in [-0.3, -0.25) is 4.79 Å². The average Bonchev–Trinajstić information content (AvgIpc) is 3.33. The van der Waals surface area contributed by atoms with E-state index in [4.69, 9.17) is 0 Å². The molecule has 29 heavy (non-hydrogen) atoms. The standard InChI is InChI=1S/C18H20N4O3S4/c1-12-5-6-15(10-13(12)2)29(24,25)19-8-7-16(23)20-17-21-22-18(28-17)27-11-14-4-3-9-26-14/h3-6,9-10,19H,7-8,11H2,1-2H3,(H,20,21,23). The highest BCUT2D eigenvalue weighted by molar-refractivity contribution is 8.00. The minimum Gasteiger partial charge on any atom is -0.300 e. The minimum atomic E-state index is -3.65. The van der Waals surface area contributed by atoms with Crippen molar-refractivity contribution in [1.29, 1.82) is 0 Å². The molecule has 1 amide bonds. The van der Waals surface area contributed by atoms with E-state index in [1.807, 2.05) is 25.3 Å². The maximum Gasteiger partial charge on any atom is 0.240 e. The number of nitrogens with one attached hydrogen (secondary N) is 2. The number of hydrogen-bond donors (Lipinski definition) is 2. The average molecular weight is 469 g/mol. The number of aryl methyl sites for hydroxylation is 2. The van der Waals surface area contributed by atoms with Crippen LogP contribution in [0, 0.1) is 13.8 Å². The highest BCUT2D eigenvalue weighted by atomic mass is 32.2. The molecule has 1 aromatic carbocycles. The smallest absolute Gasteiger partial charge is 0.240 e. The number of carbonyl (C=O) groups excluding carboxylic acids is 1. The van der Waals surface area contributed by atoms with Gasteiger partial charge in [-0.15, -0.1) is 21.5 Å². The van der Waals surface area contributed by atoms with E-state index < -0.39 is 10.0 Å². The topological polar surface area (TPSA) is 101 Å². The maximum absolute atomic E-state index is 12.3. The molecule has 0 bridgehead atoms. The van der Waals surface area contributed by atoms with Gasteiger partial charge in [-0.2, -0.15) is 0 Å². The van der Waals surface area contributed by atoms with E-state index in [1.54, 1.807) is 41.3 Å². The fourth-order valence-corrected chi connectivity index (χ4v) is 5.95. The first-order valence-electron chi connectivity index (χ1n) is 8.69. The Bertz CT molecular complexity index is 1080. The van der Waals surface area contributed by atoms with Gasteiger partial charge >= 0.3 is 0 Å². The van der Waals surface area contributed by atoms with Crippen LogP contribution in [0.1, 0.15) is 22.4 Å². The maximum atomic E-state index is 12.3. The van der Waals surface area contributed by atoms with Crippen LogP contribution >= 0.6 is 34.4 Å². The molecule has 0 spiro atoms. The lowest BCUT2D eigenvalue weighted by Crippen LogP contribution is -2.28. The number of hydrogen-bond acceptors (Lipinski definition) is 8. The predicted molar refractivity (Wildman–Crippen MR) is 118 cm³/mol. The number of nitrogens with zero attached hydrogens (tertiary/aromatic N) is 2. The van der Waals surface area contributed by atoms with Gasteiger partial charge in [0.1, 0.15) is 0 Å². The Morgan fingerprint density at radius 2 is 2.00 bits per heavy atom. The Kier molecular flexibility index (Phi) is 7.41.